The fourth-order valence-corrected chi connectivity index (χ4v) is 2.70. The lowest BCUT2D eigenvalue weighted by atomic mass is 10.1. The van der Waals surface area contributed by atoms with Crippen molar-refractivity contribution in [3.63, 3.8) is 0 Å². The third-order valence-corrected chi connectivity index (χ3v) is 4.24. The molecule has 0 saturated heterocycles. The number of nitrogens with one attached hydrogen (secondary N) is 2. The minimum absolute atomic E-state index is 0.0648. The van der Waals surface area contributed by atoms with Crippen molar-refractivity contribution < 1.29 is 27.9 Å². The second-order valence-electron chi connectivity index (χ2n) is 6.61. The van der Waals surface area contributed by atoms with Gasteiger partial charge in [0.05, 0.1) is 5.56 Å². The van der Waals surface area contributed by atoms with Crippen molar-refractivity contribution in [2.75, 3.05) is 5.32 Å². The van der Waals surface area contributed by atoms with Crippen LogP contribution < -0.4 is 16.5 Å². The number of carbonyl (C=O) groups excluding carboxylic acids is 2. The number of alkyl halides is 3. The molecule has 0 bridgehead atoms. The molecule has 0 unspecified atom stereocenters. The van der Waals surface area contributed by atoms with Gasteiger partial charge in [-0.15, -0.1) is 0 Å². The number of nitrogens with zero attached hydrogens (tertiary/aromatic N) is 1. The van der Waals surface area contributed by atoms with Crippen molar-refractivity contribution in [2.45, 2.75) is 6.18 Å². The van der Waals surface area contributed by atoms with Crippen LogP contribution >= 0.6 is 0 Å². The number of amides is 2. The number of rotatable bonds is 5. The van der Waals surface area contributed by atoms with Gasteiger partial charge in [0, 0.05) is 28.4 Å². The number of halogens is 3. The molecule has 0 radical (unpaired) electrons. The van der Waals surface area contributed by atoms with E-state index in [2.05, 4.69) is 15.8 Å². The van der Waals surface area contributed by atoms with Gasteiger partial charge in [-0.3, -0.25) is 9.59 Å². The predicted molar refractivity (Wildman–Crippen MR) is 112 cm³/mol. The van der Waals surface area contributed by atoms with Gasteiger partial charge in [-0.2, -0.15) is 18.3 Å². The zero-order valence-corrected chi connectivity index (χ0v) is 16.4. The van der Waals surface area contributed by atoms with Crippen molar-refractivity contribution >= 4 is 23.3 Å². The lowest BCUT2D eigenvalue weighted by molar-refractivity contribution is -0.137. The third kappa shape index (κ3) is 5.63. The van der Waals surface area contributed by atoms with E-state index in [1.54, 1.807) is 30.3 Å². The van der Waals surface area contributed by atoms with E-state index < -0.39 is 23.6 Å². The fourth-order valence-electron chi connectivity index (χ4n) is 2.70. The van der Waals surface area contributed by atoms with Gasteiger partial charge in [-0.1, -0.05) is 24.3 Å². The first kappa shape index (κ1) is 22.3. The summed E-state index contributed by atoms with van der Waals surface area (Å²) in [4.78, 5) is 24.4. The number of anilines is 1. The summed E-state index contributed by atoms with van der Waals surface area (Å²) in [6.45, 7) is 0. The van der Waals surface area contributed by atoms with Crippen LogP contribution in [0.5, 0.6) is 5.75 Å². The van der Waals surface area contributed by atoms with Crippen molar-refractivity contribution in [1.82, 2.24) is 5.43 Å². The average Bonchev–Trinajstić information content (AvgIpc) is 2.77. The lowest BCUT2D eigenvalue weighted by Crippen LogP contribution is -2.24. The molecule has 3 aromatic carbocycles. The Kier molecular flexibility index (Phi) is 6.43. The van der Waals surface area contributed by atoms with Crippen molar-refractivity contribution in [1.29, 1.82) is 0 Å². The topological polar surface area (TPSA) is 117 Å². The Morgan fingerprint density at radius 2 is 1.53 bits per heavy atom. The number of phenolic OH excluding ortho intramolecular Hbond substituents is 1. The van der Waals surface area contributed by atoms with Gasteiger partial charge in [0.1, 0.15) is 5.75 Å². The number of benzene rings is 3. The van der Waals surface area contributed by atoms with Crippen LogP contribution in [0.25, 0.3) is 0 Å². The summed E-state index contributed by atoms with van der Waals surface area (Å²) in [5.41, 5.74) is 7.53. The molecule has 0 fully saturated rings. The average molecular weight is 442 g/mol. The van der Waals surface area contributed by atoms with Crippen LogP contribution in [0, 0.1) is 0 Å². The van der Waals surface area contributed by atoms with E-state index in [0.717, 1.165) is 12.1 Å². The molecule has 0 saturated carbocycles. The smallest absolute Gasteiger partial charge is 0.416 e. The fraction of sp³-hybridized carbons (Fsp3) is 0.0455. The Morgan fingerprint density at radius 1 is 0.844 bits per heavy atom. The standard InChI is InChI=1S/C22H17F3N4O3/c23-22(24,25)16-8-4-7-14(9-16)20(31)27-17-10-15(11-18(30)12-17)19(26)28-29-21(32)13-5-2-1-3-6-13/h1-12,30H,(H2,26,28)(H,27,31)(H,29,32). The molecule has 164 valence electrons. The molecular weight excluding hydrogens is 425 g/mol. The molecule has 0 aliphatic heterocycles. The summed E-state index contributed by atoms with van der Waals surface area (Å²) in [5, 5.41) is 16.1. The Labute approximate surface area is 180 Å². The number of nitrogens with two attached hydrogens (primary N) is 1. The van der Waals surface area contributed by atoms with Gasteiger partial charge in [0.2, 0.25) is 0 Å². The maximum absolute atomic E-state index is 12.9. The highest BCUT2D eigenvalue weighted by Crippen LogP contribution is 2.30. The maximum atomic E-state index is 12.9. The highest BCUT2D eigenvalue weighted by Gasteiger charge is 2.30. The predicted octanol–water partition coefficient (Wildman–Crippen LogP) is 3.71. The van der Waals surface area contributed by atoms with E-state index in [4.69, 9.17) is 5.73 Å². The molecule has 32 heavy (non-hydrogen) atoms. The molecule has 0 heterocycles. The molecule has 3 rings (SSSR count). The Morgan fingerprint density at radius 3 is 2.22 bits per heavy atom. The van der Waals surface area contributed by atoms with Gasteiger partial charge in [-0.25, -0.2) is 5.43 Å². The molecular formula is C22H17F3N4O3. The number of carbonyl (C=O) groups is 2. The highest BCUT2D eigenvalue weighted by molar-refractivity contribution is 6.06. The zero-order chi connectivity index (χ0) is 23.3. The van der Waals surface area contributed by atoms with Gasteiger partial charge >= 0.3 is 6.18 Å². The first-order valence-electron chi connectivity index (χ1n) is 9.15. The van der Waals surface area contributed by atoms with Crippen molar-refractivity contribution in [3.05, 3.63) is 95.1 Å². The minimum Gasteiger partial charge on any atom is -0.508 e. The van der Waals surface area contributed by atoms with Gasteiger partial charge in [-0.05, 0) is 42.5 Å². The number of aromatic hydroxyl groups is 1. The van der Waals surface area contributed by atoms with E-state index in [-0.39, 0.29) is 28.4 Å². The quantitative estimate of drug-likeness (QED) is 0.274. The summed E-state index contributed by atoms with van der Waals surface area (Å²) in [6, 6.07) is 15.9. The van der Waals surface area contributed by atoms with Crippen LogP contribution in [0.3, 0.4) is 0 Å². The maximum Gasteiger partial charge on any atom is 0.416 e. The number of hydrazone groups is 1. The highest BCUT2D eigenvalue weighted by atomic mass is 19.4. The van der Waals surface area contributed by atoms with Crippen molar-refractivity contribution in [3.8, 4) is 5.75 Å². The van der Waals surface area contributed by atoms with E-state index in [1.165, 1.54) is 24.3 Å². The van der Waals surface area contributed by atoms with E-state index in [0.29, 0.717) is 11.6 Å². The molecule has 0 aliphatic rings. The van der Waals surface area contributed by atoms with E-state index in [1.807, 2.05) is 0 Å². The molecule has 0 aliphatic carbocycles. The molecule has 7 nitrogen and oxygen atoms in total. The van der Waals surface area contributed by atoms with Crippen molar-refractivity contribution in [2.24, 2.45) is 10.8 Å². The summed E-state index contributed by atoms with van der Waals surface area (Å²) in [6.07, 6.45) is -4.59. The largest absolute Gasteiger partial charge is 0.508 e. The van der Waals surface area contributed by atoms with Crippen LogP contribution in [0.2, 0.25) is 0 Å². The monoisotopic (exact) mass is 442 g/mol. The second-order valence-corrected chi connectivity index (χ2v) is 6.61. The number of phenols is 1. The van der Waals surface area contributed by atoms with Crippen LogP contribution in [0.4, 0.5) is 18.9 Å². The third-order valence-electron chi connectivity index (χ3n) is 4.24. The van der Waals surface area contributed by atoms with Gasteiger partial charge < -0.3 is 16.2 Å². The summed E-state index contributed by atoms with van der Waals surface area (Å²) in [5.74, 6) is -1.78. The zero-order valence-electron chi connectivity index (χ0n) is 16.4. The number of hydrogen-bond acceptors (Lipinski definition) is 4. The van der Waals surface area contributed by atoms with Gasteiger partial charge in [0.25, 0.3) is 11.8 Å². The molecule has 0 aromatic heterocycles. The molecule has 0 atom stereocenters. The lowest BCUT2D eigenvalue weighted by Gasteiger charge is -2.11. The molecule has 2 amide bonds. The molecule has 0 spiro atoms. The summed E-state index contributed by atoms with van der Waals surface area (Å²) < 4.78 is 38.6. The van der Waals surface area contributed by atoms with Gasteiger partial charge in [0.15, 0.2) is 5.84 Å². The number of hydrogen-bond donors (Lipinski definition) is 4. The first-order chi connectivity index (χ1) is 15.1. The van der Waals surface area contributed by atoms with E-state index >= 15 is 0 Å². The Hall–Kier alpha value is -4.34. The van der Waals surface area contributed by atoms with Crippen LogP contribution in [-0.2, 0) is 6.18 Å². The Bertz CT molecular complexity index is 1180. The molecule has 5 N–H and O–H groups in total. The number of amidine groups is 1. The summed E-state index contributed by atoms with van der Waals surface area (Å²) in [7, 11) is 0. The summed E-state index contributed by atoms with van der Waals surface area (Å²) >= 11 is 0. The molecule has 3 aromatic rings. The minimum atomic E-state index is -4.59. The second kappa shape index (κ2) is 9.21. The van der Waals surface area contributed by atoms with Crippen LogP contribution in [0.15, 0.2) is 77.9 Å². The Balaban J connectivity index is 1.77. The van der Waals surface area contributed by atoms with Crippen LogP contribution in [-0.4, -0.2) is 22.8 Å². The normalized spacial score (nSPS) is 11.7. The molecule has 10 heteroatoms. The van der Waals surface area contributed by atoms with E-state index in [9.17, 15) is 27.9 Å². The van der Waals surface area contributed by atoms with Crippen LogP contribution in [0.1, 0.15) is 31.8 Å². The SMILES string of the molecule is NC(=NNC(=O)c1ccccc1)c1cc(O)cc(NC(=O)c2cccc(C(F)(F)F)c2)c1. The first-order valence-corrected chi connectivity index (χ1v) is 9.15.